The minimum atomic E-state index is -0.232. The summed E-state index contributed by atoms with van der Waals surface area (Å²) < 4.78 is 5.12. The molecule has 8 heteroatoms. The topological polar surface area (TPSA) is 98.5 Å². The Bertz CT molecular complexity index is 275. The van der Waals surface area contributed by atoms with Crippen LogP contribution in [0.4, 0.5) is 0 Å². The zero-order valence-electron chi connectivity index (χ0n) is 14.4. The maximum absolute atomic E-state index is 11.0. The molecule has 1 aliphatic heterocycles. The van der Waals surface area contributed by atoms with Gasteiger partial charge in [-0.3, -0.25) is 4.79 Å². The van der Waals surface area contributed by atoms with Gasteiger partial charge in [-0.05, 0) is 0 Å². The Labute approximate surface area is 139 Å². The summed E-state index contributed by atoms with van der Waals surface area (Å²) in [6, 6.07) is 0.138. The van der Waals surface area contributed by atoms with Gasteiger partial charge < -0.3 is 36.6 Å². The van der Waals surface area contributed by atoms with E-state index in [1.54, 1.807) is 0 Å². The van der Waals surface area contributed by atoms with Gasteiger partial charge in [-0.15, -0.1) is 0 Å². The molecule has 0 bridgehead atoms. The summed E-state index contributed by atoms with van der Waals surface area (Å²) in [5, 5.41) is 20.4. The van der Waals surface area contributed by atoms with Crippen LogP contribution in [-0.2, 0) is 9.53 Å². The van der Waals surface area contributed by atoms with Gasteiger partial charge in [-0.2, -0.15) is 0 Å². The van der Waals surface area contributed by atoms with Crippen molar-refractivity contribution in [3.05, 3.63) is 0 Å². The summed E-state index contributed by atoms with van der Waals surface area (Å²) in [5.41, 5.74) is 0. The summed E-state index contributed by atoms with van der Waals surface area (Å²) in [4.78, 5) is 11.0. The number of ether oxygens (including phenoxy) is 1. The van der Waals surface area contributed by atoms with Crippen LogP contribution in [0.2, 0.25) is 0 Å². The minimum Gasteiger partial charge on any atom is -0.464 e. The maximum atomic E-state index is 11.0. The van der Waals surface area contributed by atoms with Gasteiger partial charge in [-0.25, -0.2) is 0 Å². The Morgan fingerprint density at radius 3 is 1.70 bits per heavy atom. The predicted molar refractivity (Wildman–Crippen MR) is 92.8 cm³/mol. The van der Waals surface area contributed by atoms with Gasteiger partial charge in [0.2, 0.25) is 0 Å². The fourth-order valence-corrected chi connectivity index (χ4v) is 2.26. The monoisotopic (exact) mass is 330 g/mol. The highest BCUT2D eigenvalue weighted by Gasteiger charge is 2.09. The van der Waals surface area contributed by atoms with E-state index in [1.165, 1.54) is 6.92 Å². The van der Waals surface area contributed by atoms with Crippen LogP contribution in [0.1, 0.15) is 6.92 Å². The average Bonchev–Trinajstić information content (AvgIpc) is 2.53. The SMILES string of the molecule is CC(=O)OCC1CNCCNCCNCCNCCNCCN1. The van der Waals surface area contributed by atoms with Crippen molar-refractivity contribution in [2.45, 2.75) is 13.0 Å². The largest absolute Gasteiger partial charge is 0.464 e. The molecule has 1 heterocycles. The van der Waals surface area contributed by atoms with Crippen molar-refractivity contribution < 1.29 is 9.53 Å². The van der Waals surface area contributed by atoms with Gasteiger partial charge in [0.05, 0.1) is 6.04 Å². The summed E-state index contributed by atoms with van der Waals surface area (Å²) in [7, 11) is 0. The molecule has 0 radical (unpaired) electrons. The predicted octanol–water partition coefficient (Wildman–Crippen LogP) is -2.53. The van der Waals surface area contributed by atoms with Crippen molar-refractivity contribution in [3.8, 4) is 0 Å². The van der Waals surface area contributed by atoms with Crippen molar-refractivity contribution in [1.82, 2.24) is 31.9 Å². The lowest BCUT2D eigenvalue weighted by molar-refractivity contribution is -0.141. The van der Waals surface area contributed by atoms with E-state index in [9.17, 15) is 4.79 Å². The lowest BCUT2D eigenvalue weighted by Gasteiger charge is -2.19. The van der Waals surface area contributed by atoms with E-state index in [0.717, 1.165) is 72.0 Å². The van der Waals surface area contributed by atoms with Crippen LogP contribution in [0, 0.1) is 0 Å². The van der Waals surface area contributed by atoms with Crippen molar-refractivity contribution in [2.75, 3.05) is 78.6 Å². The number of hydrogen-bond donors (Lipinski definition) is 6. The van der Waals surface area contributed by atoms with E-state index in [4.69, 9.17) is 4.74 Å². The highest BCUT2D eigenvalue weighted by molar-refractivity contribution is 5.65. The lowest BCUT2D eigenvalue weighted by Crippen LogP contribution is -2.46. The zero-order valence-corrected chi connectivity index (χ0v) is 14.4. The van der Waals surface area contributed by atoms with Crippen molar-refractivity contribution in [2.24, 2.45) is 0 Å². The summed E-state index contributed by atoms with van der Waals surface area (Å²) in [6.45, 7) is 12.1. The van der Waals surface area contributed by atoms with E-state index < -0.39 is 0 Å². The third-order valence-corrected chi connectivity index (χ3v) is 3.53. The standard InChI is InChI=1S/C15H34N6O2/c1-14(22)23-13-15-12-20-9-8-18-5-4-16-2-3-17-6-7-19-10-11-21-15/h15-21H,2-13H2,1H3. The van der Waals surface area contributed by atoms with Gasteiger partial charge >= 0.3 is 5.97 Å². The molecule has 0 spiro atoms. The Hall–Kier alpha value is -0.770. The molecule has 23 heavy (non-hydrogen) atoms. The van der Waals surface area contributed by atoms with E-state index >= 15 is 0 Å². The first-order valence-electron chi connectivity index (χ1n) is 8.69. The Morgan fingerprint density at radius 1 is 0.783 bits per heavy atom. The second-order valence-corrected chi connectivity index (χ2v) is 5.66. The average molecular weight is 330 g/mol. The van der Waals surface area contributed by atoms with Crippen LogP contribution >= 0.6 is 0 Å². The molecular formula is C15H34N6O2. The third-order valence-electron chi connectivity index (χ3n) is 3.53. The Balaban J connectivity index is 2.25. The molecule has 136 valence electrons. The molecule has 1 saturated heterocycles. The van der Waals surface area contributed by atoms with Crippen molar-refractivity contribution in [1.29, 1.82) is 0 Å². The number of carbonyl (C=O) groups excluding carboxylic acids is 1. The fraction of sp³-hybridized carbons (Fsp3) is 0.933. The number of nitrogens with one attached hydrogen (secondary N) is 6. The normalized spacial score (nSPS) is 24.3. The molecule has 0 aromatic rings. The van der Waals surface area contributed by atoms with E-state index in [1.807, 2.05) is 0 Å². The fourth-order valence-electron chi connectivity index (χ4n) is 2.26. The van der Waals surface area contributed by atoms with Gasteiger partial charge in [0.25, 0.3) is 0 Å². The van der Waals surface area contributed by atoms with Crippen LogP contribution < -0.4 is 31.9 Å². The van der Waals surface area contributed by atoms with E-state index in [0.29, 0.717) is 6.61 Å². The first-order chi connectivity index (χ1) is 11.3. The van der Waals surface area contributed by atoms with Crippen LogP contribution in [-0.4, -0.2) is 90.6 Å². The van der Waals surface area contributed by atoms with Gasteiger partial charge in [-0.1, -0.05) is 0 Å². The van der Waals surface area contributed by atoms with E-state index in [2.05, 4.69) is 31.9 Å². The van der Waals surface area contributed by atoms with Crippen molar-refractivity contribution >= 4 is 5.97 Å². The number of esters is 1. The number of rotatable bonds is 2. The molecule has 6 N–H and O–H groups in total. The Kier molecular flexibility index (Phi) is 13.0. The van der Waals surface area contributed by atoms with E-state index in [-0.39, 0.29) is 12.0 Å². The summed E-state index contributed by atoms with van der Waals surface area (Å²) in [6.07, 6.45) is 0. The molecule has 1 fully saturated rings. The number of hydrogen-bond acceptors (Lipinski definition) is 8. The molecular weight excluding hydrogens is 296 g/mol. The molecule has 1 atom stereocenters. The zero-order chi connectivity index (χ0) is 16.6. The second kappa shape index (κ2) is 14.8. The Morgan fingerprint density at radius 2 is 1.22 bits per heavy atom. The first-order valence-corrected chi connectivity index (χ1v) is 8.69. The molecule has 0 saturated carbocycles. The highest BCUT2D eigenvalue weighted by atomic mass is 16.5. The summed E-state index contributed by atoms with van der Waals surface area (Å²) in [5.74, 6) is -0.232. The molecule has 0 aliphatic carbocycles. The van der Waals surface area contributed by atoms with Crippen LogP contribution in [0.5, 0.6) is 0 Å². The second-order valence-electron chi connectivity index (χ2n) is 5.66. The lowest BCUT2D eigenvalue weighted by atomic mass is 10.3. The molecule has 1 unspecified atom stereocenters. The minimum absolute atomic E-state index is 0.138. The van der Waals surface area contributed by atoms with Gasteiger partial charge in [0.1, 0.15) is 6.61 Å². The quantitative estimate of drug-likeness (QED) is 0.309. The third kappa shape index (κ3) is 13.4. The van der Waals surface area contributed by atoms with Crippen LogP contribution in [0.3, 0.4) is 0 Å². The smallest absolute Gasteiger partial charge is 0.302 e. The highest BCUT2D eigenvalue weighted by Crippen LogP contribution is 1.86. The molecule has 1 rings (SSSR count). The van der Waals surface area contributed by atoms with Gasteiger partial charge in [0, 0.05) is 78.9 Å². The van der Waals surface area contributed by atoms with Crippen molar-refractivity contribution in [3.63, 3.8) is 0 Å². The molecule has 0 amide bonds. The van der Waals surface area contributed by atoms with Crippen LogP contribution in [0.25, 0.3) is 0 Å². The molecule has 1 aliphatic rings. The molecule has 0 aromatic carbocycles. The molecule has 8 nitrogen and oxygen atoms in total. The van der Waals surface area contributed by atoms with Gasteiger partial charge in [0.15, 0.2) is 0 Å². The summed E-state index contributed by atoms with van der Waals surface area (Å²) >= 11 is 0. The van der Waals surface area contributed by atoms with Crippen LogP contribution in [0.15, 0.2) is 0 Å². The maximum Gasteiger partial charge on any atom is 0.302 e. The number of carbonyl (C=O) groups is 1. The first kappa shape index (κ1) is 20.3. The molecule has 0 aromatic heterocycles.